The Balaban J connectivity index is 1.55. The number of anilines is 1. The van der Waals surface area contributed by atoms with Crippen LogP contribution in [-0.4, -0.2) is 51.9 Å². The van der Waals surface area contributed by atoms with E-state index in [-0.39, 0.29) is 12.3 Å². The van der Waals surface area contributed by atoms with E-state index < -0.39 is 11.2 Å². The van der Waals surface area contributed by atoms with Crippen LogP contribution < -0.4 is 16.1 Å². The van der Waals surface area contributed by atoms with Gasteiger partial charge < -0.3 is 14.8 Å². The van der Waals surface area contributed by atoms with Gasteiger partial charge in [-0.2, -0.15) is 0 Å². The highest BCUT2D eigenvalue weighted by Crippen LogP contribution is 2.19. The normalized spacial score (nSPS) is 14.9. The molecule has 128 valence electrons. The first-order valence-electron chi connectivity index (χ1n) is 7.79. The minimum absolute atomic E-state index is 0.0267. The number of amides is 1. The molecule has 1 saturated heterocycles. The number of carbonyl (C=O) groups is 1. The summed E-state index contributed by atoms with van der Waals surface area (Å²) < 4.78 is 0. The Bertz CT molecular complexity index is 818. The molecule has 0 aromatic carbocycles. The summed E-state index contributed by atoms with van der Waals surface area (Å²) in [5.74, 6) is 0.0267. The van der Waals surface area contributed by atoms with Crippen LogP contribution in [0, 0.1) is 6.92 Å². The molecule has 9 heteroatoms. The quantitative estimate of drug-likeness (QED) is 0.816. The molecule has 3 heterocycles. The lowest BCUT2D eigenvalue weighted by Gasteiger charge is -2.34. The Kier molecular flexibility index (Phi) is 4.79. The number of rotatable bonds is 4. The zero-order valence-electron chi connectivity index (χ0n) is 13.4. The van der Waals surface area contributed by atoms with Gasteiger partial charge in [-0.15, -0.1) is 11.3 Å². The van der Waals surface area contributed by atoms with Gasteiger partial charge in [0.2, 0.25) is 5.91 Å². The van der Waals surface area contributed by atoms with Gasteiger partial charge in [-0.3, -0.25) is 14.6 Å². The molecule has 0 unspecified atom stereocenters. The number of aryl methyl sites for hydroxylation is 1. The molecule has 2 aromatic heterocycles. The largest absolute Gasteiger partial charge is 0.345 e. The Morgan fingerprint density at radius 1 is 1.25 bits per heavy atom. The number of hydrogen-bond donors (Lipinski definition) is 2. The first-order valence-corrected chi connectivity index (χ1v) is 8.67. The molecule has 1 fully saturated rings. The Morgan fingerprint density at radius 3 is 2.62 bits per heavy atom. The maximum absolute atomic E-state index is 12.4. The third-order valence-electron chi connectivity index (χ3n) is 4.17. The zero-order valence-corrected chi connectivity index (χ0v) is 14.2. The van der Waals surface area contributed by atoms with E-state index in [9.17, 15) is 14.4 Å². The van der Waals surface area contributed by atoms with Gasteiger partial charge >= 0.3 is 5.69 Å². The van der Waals surface area contributed by atoms with Crippen LogP contribution in [0.25, 0.3) is 0 Å². The molecule has 1 aliphatic rings. The van der Waals surface area contributed by atoms with E-state index >= 15 is 0 Å². The molecule has 3 rings (SSSR count). The Hall–Kier alpha value is -2.42. The number of thiazole rings is 1. The van der Waals surface area contributed by atoms with Crippen molar-refractivity contribution in [2.75, 3.05) is 31.1 Å². The van der Waals surface area contributed by atoms with Crippen molar-refractivity contribution in [3.05, 3.63) is 43.7 Å². The van der Waals surface area contributed by atoms with Crippen LogP contribution in [0.5, 0.6) is 0 Å². The third kappa shape index (κ3) is 3.56. The molecule has 24 heavy (non-hydrogen) atoms. The van der Waals surface area contributed by atoms with Crippen molar-refractivity contribution in [2.24, 2.45) is 0 Å². The SMILES string of the molecule is Cc1[nH]c(=O)[nH]c(=O)c1CCC(=O)N1CCN(c2nccs2)CC1. The fourth-order valence-corrected chi connectivity index (χ4v) is 3.53. The van der Waals surface area contributed by atoms with Crippen LogP contribution in [0.3, 0.4) is 0 Å². The number of H-pyrrole nitrogens is 2. The molecule has 0 spiro atoms. The van der Waals surface area contributed by atoms with Crippen molar-refractivity contribution >= 4 is 22.4 Å². The predicted molar refractivity (Wildman–Crippen MR) is 91.6 cm³/mol. The first kappa shape index (κ1) is 16.4. The second kappa shape index (κ2) is 7.00. The fraction of sp³-hybridized carbons (Fsp3) is 0.467. The van der Waals surface area contributed by atoms with Crippen LogP contribution in [0.4, 0.5) is 5.13 Å². The van der Waals surface area contributed by atoms with Gasteiger partial charge in [-0.1, -0.05) is 0 Å². The van der Waals surface area contributed by atoms with Crippen LogP contribution in [-0.2, 0) is 11.2 Å². The monoisotopic (exact) mass is 349 g/mol. The van der Waals surface area contributed by atoms with Crippen LogP contribution in [0.1, 0.15) is 17.7 Å². The van der Waals surface area contributed by atoms with E-state index in [0.29, 0.717) is 30.8 Å². The summed E-state index contributed by atoms with van der Waals surface area (Å²) in [6.45, 7) is 4.50. The van der Waals surface area contributed by atoms with Crippen molar-refractivity contribution in [1.82, 2.24) is 19.9 Å². The van der Waals surface area contributed by atoms with Crippen molar-refractivity contribution in [2.45, 2.75) is 19.8 Å². The molecule has 2 N–H and O–H groups in total. The van der Waals surface area contributed by atoms with E-state index in [4.69, 9.17) is 0 Å². The third-order valence-corrected chi connectivity index (χ3v) is 5.00. The average Bonchev–Trinajstić information content (AvgIpc) is 3.08. The topological polar surface area (TPSA) is 102 Å². The molecule has 1 amide bonds. The highest BCUT2D eigenvalue weighted by molar-refractivity contribution is 7.13. The molecule has 0 aliphatic carbocycles. The molecule has 2 aromatic rings. The van der Waals surface area contributed by atoms with Gasteiger partial charge in [0.1, 0.15) is 0 Å². The second-order valence-electron chi connectivity index (χ2n) is 5.69. The fourth-order valence-electron chi connectivity index (χ4n) is 2.84. The standard InChI is InChI=1S/C15H19N5O3S/c1-10-11(13(22)18-14(23)17-10)2-3-12(21)19-5-7-20(8-6-19)15-16-4-9-24-15/h4,9H,2-3,5-8H2,1H3,(H2,17,18,22,23). The lowest BCUT2D eigenvalue weighted by molar-refractivity contribution is -0.131. The van der Waals surface area contributed by atoms with E-state index in [1.54, 1.807) is 24.5 Å². The summed E-state index contributed by atoms with van der Waals surface area (Å²) in [5, 5.41) is 2.93. The van der Waals surface area contributed by atoms with Gasteiger partial charge in [0.15, 0.2) is 5.13 Å². The number of aromatic nitrogens is 3. The molecule has 0 radical (unpaired) electrons. The number of aromatic amines is 2. The lowest BCUT2D eigenvalue weighted by Crippen LogP contribution is -2.48. The van der Waals surface area contributed by atoms with Gasteiger partial charge in [0.25, 0.3) is 5.56 Å². The smallest absolute Gasteiger partial charge is 0.325 e. The van der Waals surface area contributed by atoms with Crippen molar-refractivity contribution in [1.29, 1.82) is 0 Å². The zero-order chi connectivity index (χ0) is 17.1. The minimum Gasteiger partial charge on any atom is -0.345 e. The van der Waals surface area contributed by atoms with Crippen LogP contribution >= 0.6 is 11.3 Å². The lowest BCUT2D eigenvalue weighted by atomic mass is 10.1. The van der Waals surface area contributed by atoms with Crippen LogP contribution in [0.2, 0.25) is 0 Å². The average molecular weight is 349 g/mol. The highest BCUT2D eigenvalue weighted by Gasteiger charge is 2.22. The van der Waals surface area contributed by atoms with Gasteiger partial charge in [-0.05, 0) is 13.3 Å². The molecular weight excluding hydrogens is 330 g/mol. The summed E-state index contributed by atoms with van der Waals surface area (Å²) in [6, 6.07) is 0. The Morgan fingerprint density at radius 2 is 2.00 bits per heavy atom. The van der Waals surface area contributed by atoms with Gasteiger partial charge in [0, 0.05) is 55.4 Å². The predicted octanol–water partition coefficient (Wildman–Crippen LogP) is 0.110. The first-order chi connectivity index (χ1) is 11.5. The molecule has 0 atom stereocenters. The molecule has 1 aliphatic heterocycles. The molecule has 0 bridgehead atoms. The summed E-state index contributed by atoms with van der Waals surface area (Å²) in [6.07, 6.45) is 2.36. The van der Waals surface area contributed by atoms with E-state index in [0.717, 1.165) is 18.2 Å². The highest BCUT2D eigenvalue weighted by atomic mass is 32.1. The number of hydrogen-bond acceptors (Lipinski definition) is 6. The summed E-state index contributed by atoms with van der Waals surface area (Å²) in [4.78, 5) is 48.4. The minimum atomic E-state index is -0.522. The van der Waals surface area contributed by atoms with Crippen LogP contribution in [0.15, 0.2) is 21.2 Å². The summed E-state index contributed by atoms with van der Waals surface area (Å²) >= 11 is 1.60. The van der Waals surface area contributed by atoms with Crippen molar-refractivity contribution < 1.29 is 4.79 Å². The molecule has 8 nitrogen and oxygen atoms in total. The molecule has 0 saturated carbocycles. The second-order valence-corrected chi connectivity index (χ2v) is 6.57. The van der Waals surface area contributed by atoms with E-state index in [1.165, 1.54) is 0 Å². The number of nitrogens with one attached hydrogen (secondary N) is 2. The number of carbonyl (C=O) groups excluding carboxylic acids is 1. The van der Waals surface area contributed by atoms with Gasteiger partial charge in [0.05, 0.1) is 0 Å². The molecular formula is C15H19N5O3S. The van der Waals surface area contributed by atoms with Crippen molar-refractivity contribution in [3.8, 4) is 0 Å². The maximum atomic E-state index is 12.4. The van der Waals surface area contributed by atoms with Gasteiger partial charge in [-0.25, -0.2) is 9.78 Å². The number of nitrogens with zero attached hydrogens (tertiary/aromatic N) is 3. The maximum Gasteiger partial charge on any atom is 0.325 e. The van der Waals surface area contributed by atoms with Crippen molar-refractivity contribution in [3.63, 3.8) is 0 Å². The number of piperazine rings is 1. The van der Waals surface area contributed by atoms with E-state index in [2.05, 4.69) is 19.9 Å². The van der Waals surface area contributed by atoms with E-state index in [1.807, 2.05) is 10.3 Å². The summed E-state index contributed by atoms with van der Waals surface area (Å²) in [7, 11) is 0. The Labute approximate surface area is 142 Å². The summed E-state index contributed by atoms with van der Waals surface area (Å²) in [5.41, 5.74) is 0.0398.